The third-order valence-electron chi connectivity index (χ3n) is 3.59. The smallest absolute Gasteiger partial charge is 0.221 e. The molecule has 1 unspecified atom stereocenters. The summed E-state index contributed by atoms with van der Waals surface area (Å²) >= 11 is 6.04. The van der Waals surface area contributed by atoms with Crippen LogP contribution in [-0.2, 0) is 4.79 Å². The highest BCUT2D eigenvalue weighted by molar-refractivity contribution is 6.31. The van der Waals surface area contributed by atoms with E-state index in [-0.39, 0.29) is 17.9 Å². The van der Waals surface area contributed by atoms with Crippen LogP contribution in [0.25, 0.3) is 0 Å². The standard InChI is InChI=1S/C17H15ClN2O2/c18-12-6-7-14(19-15-8-9-16(21)20-15)13(10-12)17(22)11-4-2-1-3-5-11/h1-7,10,15,19H,8-9H2,(H,20,21). The zero-order valence-corrected chi connectivity index (χ0v) is 12.6. The van der Waals surface area contributed by atoms with Gasteiger partial charge in [-0.15, -0.1) is 0 Å². The van der Waals surface area contributed by atoms with Crippen LogP contribution in [0.4, 0.5) is 5.69 Å². The summed E-state index contributed by atoms with van der Waals surface area (Å²) < 4.78 is 0. The predicted molar refractivity (Wildman–Crippen MR) is 86.1 cm³/mol. The van der Waals surface area contributed by atoms with Crippen molar-refractivity contribution in [1.82, 2.24) is 5.32 Å². The Morgan fingerprint density at radius 1 is 1.18 bits per heavy atom. The van der Waals surface area contributed by atoms with E-state index in [2.05, 4.69) is 10.6 Å². The zero-order valence-electron chi connectivity index (χ0n) is 11.8. The molecule has 2 aromatic rings. The number of anilines is 1. The number of halogens is 1. The summed E-state index contributed by atoms with van der Waals surface area (Å²) in [4.78, 5) is 24.0. The molecule has 1 aliphatic heterocycles. The van der Waals surface area contributed by atoms with Crippen LogP contribution < -0.4 is 10.6 Å². The first-order chi connectivity index (χ1) is 10.6. The number of benzene rings is 2. The Morgan fingerprint density at radius 3 is 2.64 bits per heavy atom. The highest BCUT2D eigenvalue weighted by Crippen LogP contribution is 2.25. The van der Waals surface area contributed by atoms with Crippen molar-refractivity contribution in [3.8, 4) is 0 Å². The second kappa shape index (κ2) is 6.20. The van der Waals surface area contributed by atoms with E-state index in [1.807, 2.05) is 18.2 Å². The molecule has 0 aromatic heterocycles. The molecule has 1 heterocycles. The lowest BCUT2D eigenvalue weighted by Crippen LogP contribution is -2.32. The van der Waals surface area contributed by atoms with Gasteiger partial charge in [-0.25, -0.2) is 0 Å². The van der Waals surface area contributed by atoms with Gasteiger partial charge in [0.05, 0.1) is 6.17 Å². The molecule has 112 valence electrons. The van der Waals surface area contributed by atoms with E-state index < -0.39 is 0 Å². The van der Waals surface area contributed by atoms with Gasteiger partial charge in [-0.3, -0.25) is 9.59 Å². The monoisotopic (exact) mass is 314 g/mol. The molecule has 1 atom stereocenters. The van der Waals surface area contributed by atoms with Crippen LogP contribution in [0.15, 0.2) is 48.5 Å². The maximum atomic E-state index is 12.7. The van der Waals surface area contributed by atoms with E-state index >= 15 is 0 Å². The predicted octanol–water partition coefficient (Wildman–Crippen LogP) is 3.22. The van der Waals surface area contributed by atoms with E-state index in [4.69, 9.17) is 11.6 Å². The lowest BCUT2D eigenvalue weighted by molar-refractivity contribution is -0.119. The van der Waals surface area contributed by atoms with Gasteiger partial charge in [0, 0.05) is 28.3 Å². The van der Waals surface area contributed by atoms with Crippen LogP contribution in [0.2, 0.25) is 5.02 Å². The van der Waals surface area contributed by atoms with Gasteiger partial charge in [0.2, 0.25) is 5.91 Å². The highest BCUT2D eigenvalue weighted by atomic mass is 35.5. The minimum atomic E-state index is -0.156. The van der Waals surface area contributed by atoms with Crippen LogP contribution in [0.5, 0.6) is 0 Å². The average Bonchev–Trinajstić information content (AvgIpc) is 2.94. The maximum Gasteiger partial charge on any atom is 0.221 e. The van der Waals surface area contributed by atoms with Crippen LogP contribution in [0.1, 0.15) is 28.8 Å². The molecular weight excluding hydrogens is 300 g/mol. The van der Waals surface area contributed by atoms with Gasteiger partial charge < -0.3 is 10.6 Å². The summed E-state index contributed by atoms with van der Waals surface area (Å²) in [6.07, 6.45) is 1.03. The first-order valence-corrected chi connectivity index (χ1v) is 7.46. The molecule has 0 aliphatic carbocycles. The second-order valence-corrected chi connectivity index (χ2v) is 5.62. The first-order valence-electron chi connectivity index (χ1n) is 7.09. The number of hydrogen-bond acceptors (Lipinski definition) is 3. The van der Waals surface area contributed by atoms with Crippen molar-refractivity contribution in [2.24, 2.45) is 0 Å². The molecule has 0 bridgehead atoms. The molecule has 2 aromatic carbocycles. The summed E-state index contributed by atoms with van der Waals surface area (Å²) in [5, 5.41) is 6.54. The molecule has 22 heavy (non-hydrogen) atoms. The molecule has 1 amide bonds. The Kier molecular flexibility index (Phi) is 4.11. The summed E-state index contributed by atoms with van der Waals surface area (Å²) in [5.74, 6) is -0.0858. The van der Waals surface area contributed by atoms with Crippen molar-refractivity contribution in [1.29, 1.82) is 0 Å². The van der Waals surface area contributed by atoms with Gasteiger partial charge in [-0.05, 0) is 24.6 Å². The van der Waals surface area contributed by atoms with Crippen molar-refractivity contribution >= 4 is 29.0 Å². The Bertz CT molecular complexity index is 716. The molecule has 0 radical (unpaired) electrons. The largest absolute Gasteiger partial charge is 0.365 e. The summed E-state index contributed by atoms with van der Waals surface area (Å²) in [6, 6.07) is 14.2. The topological polar surface area (TPSA) is 58.2 Å². The number of ketones is 1. The number of hydrogen-bond donors (Lipinski definition) is 2. The van der Waals surface area contributed by atoms with E-state index in [1.54, 1.807) is 30.3 Å². The van der Waals surface area contributed by atoms with Crippen molar-refractivity contribution < 1.29 is 9.59 Å². The van der Waals surface area contributed by atoms with Gasteiger partial charge in [0.15, 0.2) is 5.78 Å². The molecule has 5 heteroatoms. The van der Waals surface area contributed by atoms with Gasteiger partial charge >= 0.3 is 0 Å². The maximum absolute atomic E-state index is 12.7. The third kappa shape index (κ3) is 3.12. The SMILES string of the molecule is O=C1CCC(Nc2ccc(Cl)cc2C(=O)c2ccccc2)N1. The van der Waals surface area contributed by atoms with E-state index in [0.717, 1.165) is 0 Å². The quantitative estimate of drug-likeness (QED) is 0.852. The van der Waals surface area contributed by atoms with E-state index in [9.17, 15) is 9.59 Å². The number of rotatable bonds is 4. The minimum absolute atomic E-state index is 0.0161. The summed E-state index contributed by atoms with van der Waals surface area (Å²) in [5.41, 5.74) is 1.77. The molecule has 1 saturated heterocycles. The van der Waals surface area contributed by atoms with Crippen LogP contribution >= 0.6 is 11.6 Å². The lowest BCUT2D eigenvalue weighted by Gasteiger charge is -2.17. The third-order valence-corrected chi connectivity index (χ3v) is 3.82. The van der Waals surface area contributed by atoms with Gasteiger partial charge in [-0.2, -0.15) is 0 Å². The number of amides is 1. The lowest BCUT2D eigenvalue weighted by atomic mass is 10.0. The number of carbonyl (C=O) groups is 2. The molecule has 0 spiro atoms. The fraction of sp³-hybridized carbons (Fsp3) is 0.176. The highest BCUT2D eigenvalue weighted by Gasteiger charge is 2.22. The normalized spacial score (nSPS) is 17.1. The molecule has 0 saturated carbocycles. The molecule has 3 rings (SSSR count). The molecule has 2 N–H and O–H groups in total. The van der Waals surface area contributed by atoms with Crippen molar-refractivity contribution in [3.05, 3.63) is 64.7 Å². The molecule has 4 nitrogen and oxygen atoms in total. The summed E-state index contributed by atoms with van der Waals surface area (Å²) in [7, 11) is 0. The number of nitrogens with one attached hydrogen (secondary N) is 2. The fourth-order valence-corrected chi connectivity index (χ4v) is 2.66. The van der Waals surface area contributed by atoms with Crippen LogP contribution in [-0.4, -0.2) is 17.9 Å². The van der Waals surface area contributed by atoms with Crippen molar-refractivity contribution in [3.63, 3.8) is 0 Å². The van der Waals surface area contributed by atoms with Crippen molar-refractivity contribution in [2.75, 3.05) is 5.32 Å². The fourth-order valence-electron chi connectivity index (χ4n) is 2.49. The van der Waals surface area contributed by atoms with Gasteiger partial charge in [0.1, 0.15) is 0 Å². The average molecular weight is 315 g/mol. The zero-order chi connectivity index (χ0) is 15.5. The van der Waals surface area contributed by atoms with Crippen LogP contribution in [0, 0.1) is 0 Å². The van der Waals surface area contributed by atoms with E-state index in [1.165, 1.54) is 0 Å². The molecular formula is C17H15ClN2O2. The second-order valence-electron chi connectivity index (χ2n) is 5.19. The first kappa shape index (κ1) is 14.6. The minimum Gasteiger partial charge on any atom is -0.365 e. The van der Waals surface area contributed by atoms with Crippen molar-refractivity contribution in [2.45, 2.75) is 19.0 Å². The Hall–Kier alpha value is -2.33. The van der Waals surface area contributed by atoms with Crippen LogP contribution in [0.3, 0.4) is 0 Å². The van der Waals surface area contributed by atoms with E-state index in [0.29, 0.717) is 34.7 Å². The van der Waals surface area contributed by atoms with Gasteiger partial charge in [-0.1, -0.05) is 41.9 Å². The molecule has 1 aliphatic rings. The Labute approximate surface area is 133 Å². The summed E-state index contributed by atoms with van der Waals surface area (Å²) in [6.45, 7) is 0. The molecule has 1 fully saturated rings. The Morgan fingerprint density at radius 2 is 1.95 bits per heavy atom. The van der Waals surface area contributed by atoms with Gasteiger partial charge in [0.25, 0.3) is 0 Å². The number of carbonyl (C=O) groups excluding carboxylic acids is 2. The Balaban J connectivity index is 1.91.